The Balaban J connectivity index is 2.08. The minimum Gasteiger partial charge on any atom is -0.314 e. The van der Waals surface area contributed by atoms with Crippen LogP contribution >= 0.6 is 0 Å². The van der Waals surface area contributed by atoms with Crippen LogP contribution in [0.15, 0.2) is 24.3 Å². The van der Waals surface area contributed by atoms with Gasteiger partial charge in [0, 0.05) is 12.7 Å². The Hall–Kier alpha value is -1.35. The number of amides is 1. The van der Waals surface area contributed by atoms with Crippen molar-refractivity contribution in [3.63, 3.8) is 0 Å². The van der Waals surface area contributed by atoms with Gasteiger partial charge in [-0.25, -0.2) is 0 Å². The Morgan fingerprint density at radius 2 is 2.24 bits per heavy atom. The summed E-state index contributed by atoms with van der Waals surface area (Å²) in [5, 5.41) is 3.29. The molecule has 0 bridgehead atoms. The molecule has 1 atom stereocenters. The summed E-state index contributed by atoms with van der Waals surface area (Å²) < 4.78 is 0. The van der Waals surface area contributed by atoms with Gasteiger partial charge in [-0.3, -0.25) is 4.79 Å². The molecule has 0 radical (unpaired) electrons. The first kappa shape index (κ1) is 12.1. The van der Waals surface area contributed by atoms with Crippen molar-refractivity contribution in [2.45, 2.75) is 32.2 Å². The zero-order valence-corrected chi connectivity index (χ0v) is 10.6. The standard InChI is InChI=1S/C14H20N2O/c1-11-6-5-7-12(10-11)16(2)14(17)13-8-3-4-9-15-13/h5-7,10,13,15H,3-4,8-9H2,1-2H3/t13-/m0/s1. The Bertz CT molecular complexity index is 397. The Kier molecular flexibility index (Phi) is 3.79. The highest BCUT2D eigenvalue weighted by Crippen LogP contribution is 2.17. The van der Waals surface area contributed by atoms with E-state index in [4.69, 9.17) is 0 Å². The molecule has 3 nitrogen and oxygen atoms in total. The number of hydrogen-bond donors (Lipinski definition) is 1. The monoisotopic (exact) mass is 232 g/mol. The van der Waals surface area contributed by atoms with E-state index in [-0.39, 0.29) is 11.9 Å². The van der Waals surface area contributed by atoms with E-state index in [0.717, 1.165) is 25.1 Å². The third-order valence-electron chi connectivity index (χ3n) is 3.33. The van der Waals surface area contributed by atoms with Gasteiger partial charge >= 0.3 is 0 Å². The van der Waals surface area contributed by atoms with Crippen LogP contribution < -0.4 is 10.2 Å². The minimum atomic E-state index is -0.00531. The molecule has 92 valence electrons. The minimum absolute atomic E-state index is 0.00531. The van der Waals surface area contributed by atoms with Crippen LogP contribution in [0.5, 0.6) is 0 Å². The summed E-state index contributed by atoms with van der Waals surface area (Å²) in [5.74, 6) is 0.176. The molecule has 0 aromatic heterocycles. The average molecular weight is 232 g/mol. The molecule has 1 amide bonds. The van der Waals surface area contributed by atoms with Crippen molar-refractivity contribution in [1.82, 2.24) is 5.32 Å². The number of piperidine rings is 1. The second-order valence-electron chi connectivity index (χ2n) is 4.74. The first-order chi connectivity index (χ1) is 8.18. The number of anilines is 1. The lowest BCUT2D eigenvalue weighted by atomic mass is 10.0. The maximum absolute atomic E-state index is 12.3. The van der Waals surface area contributed by atoms with Crippen LogP contribution in [0.3, 0.4) is 0 Å². The van der Waals surface area contributed by atoms with Crippen molar-refractivity contribution in [3.05, 3.63) is 29.8 Å². The molecule has 1 N–H and O–H groups in total. The number of benzene rings is 1. The lowest BCUT2D eigenvalue weighted by Crippen LogP contribution is -2.47. The lowest BCUT2D eigenvalue weighted by Gasteiger charge is -2.27. The van der Waals surface area contributed by atoms with Crippen molar-refractivity contribution in [1.29, 1.82) is 0 Å². The Morgan fingerprint density at radius 3 is 2.88 bits per heavy atom. The smallest absolute Gasteiger partial charge is 0.243 e. The van der Waals surface area contributed by atoms with Gasteiger partial charge in [0.15, 0.2) is 0 Å². The van der Waals surface area contributed by atoms with Crippen LogP contribution in [0.4, 0.5) is 5.69 Å². The molecule has 2 rings (SSSR count). The van der Waals surface area contributed by atoms with E-state index in [2.05, 4.69) is 5.32 Å². The van der Waals surface area contributed by atoms with E-state index in [9.17, 15) is 4.79 Å². The van der Waals surface area contributed by atoms with Crippen LogP contribution in [0, 0.1) is 6.92 Å². The highest BCUT2D eigenvalue weighted by molar-refractivity contribution is 5.96. The van der Waals surface area contributed by atoms with Crippen molar-refractivity contribution in [2.75, 3.05) is 18.5 Å². The second-order valence-corrected chi connectivity index (χ2v) is 4.74. The molecule has 0 aliphatic carbocycles. The molecule has 3 heteroatoms. The topological polar surface area (TPSA) is 32.3 Å². The molecule has 1 heterocycles. The summed E-state index contributed by atoms with van der Waals surface area (Å²) >= 11 is 0. The molecule has 1 fully saturated rings. The Labute approximate surface area is 103 Å². The third kappa shape index (κ3) is 2.86. The quantitative estimate of drug-likeness (QED) is 0.847. The van der Waals surface area contributed by atoms with Crippen LogP contribution in [0.25, 0.3) is 0 Å². The predicted octanol–water partition coefficient (Wildman–Crippen LogP) is 2.10. The SMILES string of the molecule is Cc1cccc(N(C)C(=O)[C@@H]2CCCCN2)c1. The summed E-state index contributed by atoms with van der Waals surface area (Å²) in [5.41, 5.74) is 2.15. The number of aryl methyl sites for hydroxylation is 1. The summed E-state index contributed by atoms with van der Waals surface area (Å²) in [4.78, 5) is 14.0. The van der Waals surface area contributed by atoms with Gasteiger partial charge in [-0.2, -0.15) is 0 Å². The number of nitrogens with one attached hydrogen (secondary N) is 1. The fourth-order valence-corrected chi connectivity index (χ4v) is 2.26. The fourth-order valence-electron chi connectivity index (χ4n) is 2.26. The van der Waals surface area contributed by atoms with Crippen LogP contribution in [0.1, 0.15) is 24.8 Å². The largest absolute Gasteiger partial charge is 0.314 e. The average Bonchev–Trinajstić information content (AvgIpc) is 2.38. The normalized spacial score (nSPS) is 20.0. The molecule has 0 unspecified atom stereocenters. The van der Waals surface area contributed by atoms with E-state index in [1.165, 1.54) is 12.0 Å². The molecular weight excluding hydrogens is 212 g/mol. The molecule has 1 aliphatic rings. The number of carbonyl (C=O) groups excluding carboxylic acids is 1. The molecule has 17 heavy (non-hydrogen) atoms. The molecule has 1 aromatic carbocycles. The zero-order valence-electron chi connectivity index (χ0n) is 10.6. The van der Waals surface area contributed by atoms with E-state index in [1.54, 1.807) is 4.90 Å². The molecule has 1 aromatic rings. The van der Waals surface area contributed by atoms with Gasteiger partial charge in [0.1, 0.15) is 0 Å². The summed E-state index contributed by atoms with van der Waals surface area (Å²) in [6.07, 6.45) is 3.28. The molecule has 1 aliphatic heterocycles. The van der Waals surface area contributed by atoms with Crippen molar-refractivity contribution in [2.24, 2.45) is 0 Å². The van der Waals surface area contributed by atoms with E-state index < -0.39 is 0 Å². The Morgan fingerprint density at radius 1 is 1.41 bits per heavy atom. The predicted molar refractivity (Wildman–Crippen MR) is 70.2 cm³/mol. The summed E-state index contributed by atoms with van der Waals surface area (Å²) in [6.45, 7) is 3.00. The summed E-state index contributed by atoms with van der Waals surface area (Å²) in [7, 11) is 1.85. The number of nitrogens with zero attached hydrogens (tertiary/aromatic N) is 1. The van der Waals surface area contributed by atoms with Crippen LogP contribution in [0.2, 0.25) is 0 Å². The zero-order chi connectivity index (χ0) is 12.3. The van der Waals surface area contributed by atoms with Gasteiger partial charge in [-0.15, -0.1) is 0 Å². The second kappa shape index (κ2) is 5.32. The highest BCUT2D eigenvalue weighted by Gasteiger charge is 2.24. The molecule has 0 spiro atoms. The molecular formula is C14H20N2O. The van der Waals surface area contributed by atoms with E-state index in [1.807, 2.05) is 38.2 Å². The number of rotatable bonds is 2. The van der Waals surface area contributed by atoms with Crippen molar-refractivity contribution < 1.29 is 4.79 Å². The maximum atomic E-state index is 12.3. The van der Waals surface area contributed by atoms with Gasteiger partial charge in [-0.05, 0) is 44.0 Å². The number of carbonyl (C=O) groups is 1. The van der Waals surface area contributed by atoms with E-state index in [0.29, 0.717) is 0 Å². The van der Waals surface area contributed by atoms with Gasteiger partial charge in [0.2, 0.25) is 5.91 Å². The lowest BCUT2D eigenvalue weighted by molar-refractivity contribution is -0.120. The number of likely N-dealkylation sites (N-methyl/N-ethyl adjacent to an activating group) is 1. The van der Waals surface area contributed by atoms with Crippen LogP contribution in [-0.2, 0) is 4.79 Å². The molecule has 0 saturated carbocycles. The fraction of sp³-hybridized carbons (Fsp3) is 0.500. The van der Waals surface area contributed by atoms with E-state index >= 15 is 0 Å². The van der Waals surface area contributed by atoms with Crippen molar-refractivity contribution in [3.8, 4) is 0 Å². The summed E-state index contributed by atoms with van der Waals surface area (Å²) in [6, 6.07) is 8.05. The van der Waals surface area contributed by atoms with Crippen LogP contribution in [-0.4, -0.2) is 25.5 Å². The first-order valence-electron chi connectivity index (χ1n) is 6.26. The van der Waals surface area contributed by atoms with Gasteiger partial charge < -0.3 is 10.2 Å². The van der Waals surface area contributed by atoms with Gasteiger partial charge in [-0.1, -0.05) is 18.6 Å². The third-order valence-corrected chi connectivity index (χ3v) is 3.33. The molecule has 1 saturated heterocycles. The maximum Gasteiger partial charge on any atom is 0.243 e. The number of hydrogen-bond acceptors (Lipinski definition) is 2. The van der Waals surface area contributed by atoms with Crippen molar-refractivity contribution >= 4 is 11.6 Å². The van der Waals surface area contributed by atoms with Gasteiger partial charge in [0.25, 0.3) is 0 Å². The first-order valence-corrected chi connectivity index (χ1v) is 6.26. The highest BCUT2D eigenvalue weighted by atomic mass is 16.2. The van der Waals surface area contributed by atoms with Gasteiger partial charge in [0.05, 0.1) is 6.04 Å².